The normalized spacial score (nSPS) is 24.4. The van der Waals surface area contributed by atoms with Crippen molar-refractivity contribution in [3.8, 4) is 0 Å². The van der Waals surface area contributed by atoms with Gasteiger partial charge in [0.05, 0.1) is 12.2 Å². The van der Waals surface area contributed by atoms with Gasteiger partial charge in [-0.2, -0.15) is 0 Å². The topological polar surface area (TPSA) is 108 Å². The quantitative estimate of drug-likeness (QED) is 0.469. The molecule has 11 heteroatoms. The number of imide groups is 1. The number of rotatable bonds is 5. The zero-order chi connectivity index (χ0) is 23.8. The SMILES string of the molecule is C[C@H]1CC(C)(C)C[C@@]2(C1)NC(=O)N(CC(=O)NCC(=O)Nc1ccc(F)c(F)c1F)C2=O. The number of halogens is 3. The summed E-state index contributed by atoms with van der Waals surface area (Å²) in [5, 5.41) is 6.97. The molecule has 1 saturated carbocycles. The fraction of sp³-hybridized carbons (Fsp3) is 0.524. The lowest BCUT2D eigenvalue weighted by molar-refractivity contribution is -0.137. The van der Waals surface area contributed by atoms with Gasteiger partial charge in [0.15, 0.2) is 17.5 Å². The number of benzene rings is 1. The summed E-state index contributed by atoms with van der Waals surface area (Å²) < 4.78 is 39.8. The monoisotopic (exact) mass is 454 g/mol. The first kappa shape index (κ1) is 23.6. The number of nitrogens with zero attached hydrogens (tertiary/aromatic N) is 1. The van der Waals surface area contributed by atoms with E-state index in [1.54, 1.807) is 0 Å². The maximum atomic E-state index is 13.6. The van der Waals surface area contributed by atoms with E-state index in [-0.39, 0.29) is 11.3 Å². The molecule has 2 atom stereocenters. The van der Waals surface area contributed by atoms with Crippen LogP contribution < -0.4 is 16.0 Å². The molecule has 8 nitrogen and oxygen atoms in total. The molecule has 0 unspecified atom stereocenters. The van der Waals surface area contributed by atoms with E-state index in [1.165, 1.54) is 0 Å². The molecule has 32 heavy (non-hydrogen) atoms. The van der Waals surface area contributed by atoms with Crippen molar-refractivity contribution in [2.75, 3.05) is 18.4 Å². The minimum atomic E-state index is -1.74. The van der Waals surface area contributed by atoms with E-state index in [2.05, 4.69) is 10.6 Å². The van der Waals surface area contributed by atoms with E-state index >= 15 is 0 Å². The molecule has 1 aromatic rings. The molecule has 174 valence electrons. The van der Waals surface area contributed by atoms with Crippen LogP contribution in [0.5, 0.6) is 0 Å². The van der Waals surface area contributed by atoms with Crippen LogP contribution in [-0.2, 0) is 14.4 Å². The molecule has 3 rings (SSSR count). The summed E-state index contributed by atoms with van der Waals surface area (Å²) >= 11 is 0. The van der Waals surface area contributed by atoms with Crippen LogP contribution >= 0.6 is 0 Å². The molecule has 2 fully saturated rings. The minimum Gasteiger partial charge on any atom is -0.345 e. The molecule has 1 heterocycles. The average molecular weight is 454 g/mol. The summed E-state index contributed by atoms with van der Waals surface area (Å²) in [5.74, 6) is -6.67. The largest absolute Gasteiger partial charge is 0.345 e. The Labute approximate surface area is 182 Å². The van der Waals surface area contributed by atoms with Crippen molar-refractivity contribution in [1.82, 2.24) is 15.5 Å². The van der Waals surface area contributed by atoms with Crippen LogP contribution in [0.4, 0.5) is 23.7 Å². The first-order valence-electron chi connectivity index (χ1n) is 10.2. The molecule has 2 aliphatic rings. The first-order chi connectivity index (χ1) is 14.8. The Kier molecular flexibility index (Phi) is 6.21. The number of hydrogen-bond acceptors (Lipinski definition) is 4. The number of nitrogens with one attached hydrogen (secondary N) is 3. The van der Waals surface area contributed by atoms with Crippen LogP contribution in [0.1, 0.15) is 40.0 Å². The molecule has 1 aromatic carbocycles. The highest BCUT2D eigenvalue weighted by atomic mass is 19.2. The maximum Gasteiger partial charge on any atom is 0.325 e. The molecule has 0 bridgehead atoms. The van der Waals surface area contributed by atoms with Crippen molar-refractivity contribution in [3.05, 3.63) is 29.6 Å². The van der Waals surface area contributed by atoms with Crippen LogP contribution in [0.25, 0.3) is 0 Å². The van der Waals surface area contributed by atoms with Crippen molar-refractivity contribution < 1.29 is 32.3 Å². The summed E-state index contributed by atoms with van der Waals surface area (Å²) in [4.78, 5) is 50.4. The summed E-state index contributed by atoms with van der Waals surface area (Å²) in [6, 6.07) is 0.809. The molecule has 1 aliphatic heterocycles. The summed E-state index contributed by atoms with van der Waals surface area (Å²) in [7, 11) is 0. The third kappa shape index (κ3) is 4.71. The first-order valence-corrected chi connectivity index (χ1v) is 10.2. The van der Waals surface area contributed by atoms with Gasteiger partial charge in [0, 0.05) is 0 Å². The smallest absolute Gasteiger partial charge is 0.325 e. The molecular weight excluding hydrogens is 429 g/mol. The van der Waals surface area contributed by atoms with Crippen molar-refractivity contribution in [2.24, 2.45) is 11.3 Å². The number of carbonyl (C=O) groups excluding carboxylic acids is 4. The summed E-state index contributed by atoms with van der Waals surface area (Å²) in [6.07, 6.45) is 1.84. The predicted octanol–water partition coefficient (Wildman–Crippen LogP) is 2.30. The van der Waals surface area contributed by atoms with Gasteiger partial charge >= 0.3 is 6.03 Å². The number of carbonyl (C=O) groups is 4. The molecule has 0 radical (unpaired) electrons. The van der Waals surface area contributed by atoms with Gasteiger partial charge in [0.25, 0.3) is 5.91 Å². The highest BCUT2D eigenvalue weighted by Crippen LogP contribution is 2.46. The van der Waals surface area contributed by atoms with Gasteiger partial charge in [-0.05, 0) is 42.7 Å². The molecule has 1 spiro atoms. The molecular formula is C21H25F3N4O4. The van der Waals surface area contributed by atoms with E-state index in [1.807, 2.05) is 26.1 Å². The summed E-state index contributed by atoms with van der Waals surface area (Å²) in [6.45, 7) is 4.83. The molecule has 5 amide bonds. The fourth-order valence-electron chi connectivity index (χ4n) is 4.84. The standard InChI is InChI=1S/C21H25F3N4O4/c1-11-6-20(2,3)10-21(7-11)18(31)28(19(32)27-21)9-15(30)25-8-14(29)26-13-5-4-12(22)16(23)17(13)24/h4-5,11H,6-10H2,1-3H3,(H,25,30)(H,26,29)(H,27,32)/t11-,21+/m0/s1. The maximum absolute atomic E-state index is 13.6. The van der Waals surface area contributed by atoms with Crippen LogP contribution in [0.2, 0.25) is 0 Å². The lowest BCUT2D eigenvalue weighted by atomic mass is 9.64. The lowest BCUT2D eigenvalue weighted by Crippen LogP contribution is -2.54. The number of anilines is 1. The van der Waals surface area contributed by atoms with Gasteiger partial charge in [-0.1, -0.05) is 20.8 Å². The predicted molar refractivity (Wildman–Crippen MR) is 108 cm³/mol. The second-order valence-corrected chi connectivity index (χ2v) is 9.31. The van der Waals surface area contributed by atoms with E-state index < -0.39 is 65.5 Å². The third-order valence-corrected chi connectivity index (χ3v) is 5.68. The second-order valence-electron chi connectivity index (χ2n) is 9.31. The Morgan fingerprint density at radius 2 is 1.81 bits per heavy atom. The van der Waals surface area contributed by atoms with Crippen molar-refractivity contribution >= 4 is 29.4 Å². The zero-order valence-corrected chi connectivity index (χ0v) is 18.0. The second kappa shape index (κ2) is 8.44. The van der Waals surface area contributed by atoms with Gasteiger partial charge in [0.1, 0.15) is 12.1 Å². The number of amides is 5. The average Bonchev–Trinajstić information content (AvgIpc) is 2.88. The highest BCUT2D eigenvalue weighted by Gasteiger charge is 2.56. The number of hydrogen-bond donors (Lipinski definition) is 3. The third-order valence-electron chi connectivity index (χ3n) is 5.68. The van der Waals surface area contributed by atoms with E-state index in [4.69, 9.17) is 0 Å². The molecule has 1 saturated heterocycles. The van der Waals surface area contributed by atoms with Gasteiger partial charge in [-0.25, -0.2) is 18.0 Å². The van der Waals surface area contributed by atoms with E-state index in [0.717, 1.165) is 17.4 Å². The van der Waals surface area contributed by atoms with Crippen molar-refractivity contribution in [1.29, 1.82) is 0 Å². The van der Waals surface area contributed by atoms with Gasteiger partial charge in [0.2, 0.25) is 11.8 Å². The Balaban J connectivity index is 1.57. The van der Waals surface area contributed by atoms with Crippen LogP contribution in [0.3, 0.4) is 0 Å². The number of urea groups is 1. The Bertz CT molecular complexity index is 984. The minimum absolute atomic E-state index is 0.161. The summed E-state index contributed by atoms with van der Waals surface area (Å²) in [5.41, 5.74) is -1.81. The highest BCUT2D eigenvalue weighted by molar-refractivity contribution is 6.09. The van der Waals surface area contributed by atoms with Gasteiger partial charge in [-0.15, -0.1) is 0 Å². The lowest BCUT2D eigenvalue weighted by Gasteiger charge is -2.43. The van der Waals surface area contributed by atoms with E-state index in [0.29, 0.717) is 18.9 Å². The van der Waals surface area contributed by atoms with Crippen molar-refractivity contribution in [3.63, 3.8) is 0 Å². The zero-order valence-electron chi connectivity index (χ0n) is 18.0. The van der Waals surface area contributed by atoms with Crippen molar-refractivity contribution in [2.45, 2.75) is 45.6 Å². The van der Waals surface area contributed by atoms with Crippen LogP contribution in [0, 0.1) is 28.8 Å². The Hall–Kier alpha value is -3.11. The van der Waals surface area contributed by atoms with Gasteiger partial charge in [-0.3, -0.25) is 19.3 Å². The molecule has 1 aliphatic carbocycles. The fourth-order valence-corrected chi connectivity index (χ4v) is 4.84. The van der Waals surface area contributed by atoms with Crippen LogP contribution in [-0.4, -0.2) is 47.3 Å². The Morgan fingerprint density at radius 3 is 2.47 bits per heavy atom. The molecule has 3 N–H and O–H groups in total. The van der Waals surface area contributed by atoms with Crippen LogP contribution in [0.15, 0.2) is 12.1 Å². The molecule has 0 aromatic heterocycles. The Morgan fingerprint density at radius 1 is 1.12 bits per heavy atom. The van der Waals surface area contributed by atoms with Gasteiger partial charge < -0.3 is 16.0 Å². The van der Waals surface area contributed by atoms with E-state index in [9.17, 15) is 32.3 Å².